The van der Waals surface area contributed by atoms with E-state index in [1.54, 1.807) is 92.6 Å². The van der Waals surface area contributed by atoms with Crippen molar-refractivity contribution in [3.05, 3.63) is 47.6 Å². The van der Waals surface area contributed by atoms with Crippen LogP contribution in [-0.2, 0) is 23.7 Å². The minimum atomic E-state index is -2.25. The van der Waals surface area contributed by atoms with Gasteiger partial charge in [-0.25, -0.2) is 0 Å². The SMILES string of the molecule is C/C1=C\C(CCCCC(C)C)C(O)CCCC(O)CC(O)CC(O)C(C)CCC(O)C(C)C(O)CCCC(O)CC(O)/C=C/C(C)OC(=O)CC2(O)OC(CC(O[C@@H]3O[C@H](C)[C@@H](O)[C@H](N(C)C)[C@H]3O)C2C)C(C)C(O)/C(C)=C/C=C/CC(O)C(C)C(O)CCCC(O)CC1O. The zero-order chi connectivity index (χ0) is 71.6. The maximum Gasteiger partial charge on any atom is 0.311 e. The molecule has 3 heterocycles. The zero-order valence-electron chi connectivity index (χ0n) is 59.8. The van der Waals surface area contributed by atoms with E-state index in [2.05, 4.69) is 13.8 Å². The average molecular weight is 1360 g/mol. The van der Waals surface area contributed by atoms with Gasteiger partial charge in [-0.05, 0) is 167 Å². The van der Waals surface area contributed by atoms with Gasteiger partial charge in [-0.2, -0.15) is 0 Å². The Balaban J connectivity index is 1.84. The van der Waals surface area contributed by atoms with Crippen LogP contribution in [-0.4, -0.2) is 241 Å². The lowest BCUT2D eigenvalue weighted by Crippen LogP contribution is -2.64. The third-order valence-corrected chi connectivity index (χ3v) is 20.8. The molecular formula is C73H133NO21. The lowest BCUT2D eigenvalue weighted by molar-refractivity contribution is -0.351. The highest BCUT2D eigenvalue weighted by atomic mass is 16.7. The summed E-state index contributed by atoms with van der Waals surface area (Å²) in [7, 11) is 3.41. The van der Waals surface area contributed by atoms with E-state index in [1.807, 2.05) is 13.0 Å². The molecule has 3 aliphatic heterocycles. The maximum absolute atomic E-state index is 13.7. The molecule has 2 bridgehead atoms. The number of cyclic esters (lactones) is 1. The lowest BCUT2D eigenvalue weighted by atomic mass is 9.80. The molecule has 0 aromatic rings. The molecule has 2 fully saturated rings. The Labute approximate surface area is 568 Å². The summed E-state index contributed by atoms with van der Waals surface area (Å²) in [6.45, 7) is 19.6. The highest BCUT2D eigenvalue weighted by Crippen LogP contribution is 2.42. The molecule has 28 atom stereocenters. The van der Waals surface area contributed by atoms with Crippen molar-refractivity contribution in [2.24, 2.45) is 41.4 Å². The van der Waals surface area contributed by atoms with E-state index in [1.165, 1.54) is 12.2 Å². The van der Waals surface area contributed by atoms with E-state index in [9.17, 15) is 86.5 Å². The molecule has 3 rings (SSSR count). The summed E-state index contributed by atoms with van der Waals surface area (Å²) in [5, 5.41) is 179. The molecule has 2 saturated heterocycles. The van der Waals surface area contributed by atoms with Crippen LogP contribution >= 0.6 is 0 Å². The van der Waals surface area contributed by atoms with E-state index in [4.69, 9.17) is 18.9 Å². The lowest BCUT2D eigenvalue weighted by Gasteiger charge is -2.50. The monoisotopic (exact) mass is 1360 g/mol. The molecule has 556 valence electrons. The summed E-state index contributed by atoms with van der Waals surface area (Å²) >= 11 is 0. The van der Waals surface area contributed by atoms with E-state index >= 15 is 0 Å². The van der Waals surface area contributed by atoms with E-state index < -0.39 is 170 Å². The number of nitrogens with zero attached hydrogens (tertiary/aromatic N) is 1. The van der Waals surface area contributed by atoms with Crippen LogP contribution in [0.25, 0.3) is 0 Å². The second-order valence-electron chi connectivity index (χ2n) is 29.8. The van der Waals surface area contributed by atoms with Crippen molar-refractivity contribution in [2.75, 3.05) is 14.1 Å². The third kappa shape index (κ3) is 30.4. The predicted molar refractivity (Wildman–Crippen MR) is 364 cm³/mol. The summed E-state index contributed by atoms with van der Waals surface area (Å²) < 4.78 is 24.5. The van der Waals surface area contributed by atoms with Gasteiger partial charge in [0.1, 0.15) is 12.2 Å². The number of fused-ring (bicyclic) bond motifs is 2. The molecule has 0 radical (unpaired) electrons. The number of rotatable bonds is 8. The van der Waals surface area contributed by atoms with Crippen LogP contribution in [0.5, 0.6) is 0 Å². The third-order valence-electron chi connectivity index (χ3n) is 20.8. The molecule has 22 heteroatoms. The molecule has 16 N–H and O–H groups in total. The van der Waals surface area contributed by atoms with Gasteiger partial charge in [-0.1, -0.05) is 98.1 Å². The number of hydrogen-bond donors (Lipinski definition) is 16. The summed E-state index contributed by atoms with van der Waals surface area (Å²) in [6, 6.07) is -0.776. The van der Waals surface area contributed by atoms with Crippen molar-refractivity contribution < 1.29 is 105 Å². The van der Waals surface area contributed by atoms with E-state index in [0.29, 0.717) is 68.4 Å². The predicted octanol–water partition coefficient (Wildman–Crippen LogP) is 5.53. The van der Waals surface area contributed by atoms with Crippen molar-refractivity contribution in [2.45, 2.75) is 352 Å². The van der Waals surface area contributed by atoms with Gasteiger partial charge in [-0.3, -0.25) is 4.79 Å². The van der Waals surface area contributed by atoms with Gasteiger partial charge in [0.2, 0.25) is 0 Å². The molecule has 0 spiro atoms. The molecule has 0 amide bonds. The van der Waals surface area contributed by atoms with Gasteiger partial charge in [0.05, 0.1) is 116 Å². The minimum absolute atomic E-state index is 0.0120. The average Bonchev–Trinajstić information content (AvgIpc) is 0.774. The number of esters is 1. The molecular weight excluding hydrogens is 1230 g/mol. The van der Waals surface area contributed by atoms with Crippen LogP contribution < -0.4 is 0 Å². The van der Waals surface area contributed by atoms with Crippen LogP contribution in [0.2, 0.25) is 0 Å². The number of aliphatic hydroxyl groups excluding tert-OH is 15. The largest absolute Gasteiger partial charge is 0.458 e. The first kappa shape index (κ1) is 86.8. The highest BCUT2D eigenvalue weighted by Gasteiger charge is 2.53. The molecule has 22 nitrogen and oxygen atoms in total. The number of carbonyl (C=O) groups is 1. The summed E-state index contributed by atoms with van der Waals surface area (Å²) in [4.78, 5) is 15.4. The van der Waals surface area contributed by atoms with Crippen LogP contribution in [0, 0.1) is 41.4 Å². The Bertz CT molecular complexity index is 2240. The number of likely N-dealkylation sites (N-methyl/N-ethyl adjacent to an activating group) is 1. The standard InChI is InChI=1S/C73H133NO21/c1-42(2)21-14-16-23-52-35-45(5)64(86)38-55(77)26-19-29-59(81)47(7)58(80)27-17-15-22-44(4)69(88)49(9)65-40-66(94-72-71(90)68(74(12)13)70(89)51(11)93-72)50(10)73(91,95-65)41-67(87)92-46(6)32-33-56(78)36-53(75)24-18-28-60(82)48(8)61(83)34-31-43(3)63(85)39-57(79)37-54(76)25-20-30-62(52)84/h15,17,22,32-33,35,42-43,46-66,68-72,75-86,88-91H,14,16,18-21,23-31,34,36-41H2,1-13H3/b17-15+,33-32+,44-22+,45-35+/t43?,46?,47?,48?,49?,50?,51-,52?,53?,54?,55?,56?,57?,58?,59?,60?,61?,62?,63?,64?,65?,66?,68+,69?,70-,71-,72+,73?/m1/s1. The van der Waals surface area contributed by atoms with Crippen molar-refractivity contribution in [1.82, 2.24) is 4.90 Å². The number of ether oxygens (including phenoxy) is 4. The van der Waals surface area contributed by atoms with Crippen molar-refractivity contribution in [1.29, 1.82) is 0 Å². The fourth-order valence-corrected chi connectivity index (χ4v) is 13.6. The van der Waals surface area contributed by atoms with Gasteiger partial charge in [-0.15, -0.1) is 0 Å². The molecule has 0 aromatic heterocycles. The van der Waals surface area contributed by atoms with Crippen molar-refractivity contribution >= 4 is 5.97 Å². The van der Waals surface area contributed by atoms with E-state index in [0.717, 1.165) is 19.3 Å². The van der Waals surface area contributed by atoms with Crippen molar-refractivity contribution in [3.63, 3.8) is 0 Å². The Hall–Kier alpha value is -2.37. The maximum atomic E-state index is 13.7. The zero-order valence-corrected chi connectivity index (χ0v) is 59.8. The summed E-state index contributed by atoms with van der Waals surface area (Å²) in [6.07, 6.45) is -2.98. The normalized spacial score (nSPS) is 44.0. The van der Waals surface area contributed by atoms with Crippen LogP contribution in [0.3, 0.4) is 0 Å². The quantitative estimate of drug-likeness (QED) is 0.0806. The first-order chi connectivity index (χ1) is 44.5. The van der Waals surface area contributed by atoms with Gasteiger partial charge in [0, 0.05) is 48.9 Å². The van der Waals surface area contributed by atoms with Gasteiger partial charge >= 0.3 is 5.97 Å². The Morgan fingerprint density at radius 1 is 0.611 bits per heavy atom. The summed E-state index contributed by atoms with van der Waals surface area (Å²) in [5.41, 5.74) is 1.12. The van der Waals surface area contributed by atoms with Crippen LogP contribution in [0.1, 0.15) is 217 Å². The fraction of sp³-hybridized carbons (Fsp3) is 0.877. The number of aliphatic hydroxyl groups is 16. The van der Waals surface area contributed by atoms with Gasteiger partial charge < -0.3 is 106 Å². The topological polar surface area (TPSA) is 381 Å². The molecule has 23 unspecified atom stereocenters. The van der Waals surface area contributed by atoms with Crippen LogP contribution in [0.4, 0.5) is 0 Å². The molecule has 0 aromatic carbocycles. The molecule has 0 aliphatic carbocycles. The minimum Gasteiger partial charge on any atom is -0.458 e. The summed E-state index contributed by atoms with van der Waals surface area (Å²) in [5.74, 6) is -5.97. The first-order valence-corrected chi connectivity index (χ1v) is 35.9. The van der Waals surface area contributed by atoms with E-state index in [-0.39, 0.29) is 76.0 Å². The second kappa shape index (κ2) is 43.4. The molecule has 95 heavy (non-hydrogen) atoms. The van der Waals surface area contributed by atoms with Gasteiger partial charge in [0.25, 0.3) is 0 Å². The smallest absolute Gasteiger partial charge is 0.311 e. The van der Waals surface area contributed by atoms with Crippen LogP contribution in [0.15, 0.2) is 47.6 Å². The number of allylic oxidation sites excluding steroid dienone is 2. The molecule has 0 saturated carbocycles. The Morgan fingerprint density at radius 3 is 1.78 bits per heavy atom. The number of unbranched alkanes of at least 4 members (excludes halogenated alkanes) is 1. The Kier molecular flexibility index (Phi) is 39.7. The fourth-order valence-electron chi connectivity index (χ4n) is 13.6. The second-order valence-corrected chi connectivity index (χ2v) is 29.8. The van der Waals surface area contributed by atoms with Crippen molar-refractivity contribution in [3.8, 4) is 0 Å². The van der Waals surface area contributed by atoms with Gasteiger partial charge in [0.15, 0.2) is 12.1 Å². The highest BCUT2D eigenvalue weighted by molar-refractivity contribution is 5.71. The molecule has 3 aliphatic rings. The Morgan fingerprint density at radius 2 is 1.18 bits per heavy atom. The number of carbonyl (C=O) groups excluding carboxylic acids is 1. The first-order valence-electron chi connectivity index (χ1n) is 35.9. The number of hydrogen-bond acceptors (Lipinski definition) is 22.